The lowest BCUT2D eigenvalue weighted by molar-refractivity contribution is -0.138. The molecule has 0 aliphatic carbocycles. The number of phenols is 1. The summed E-state index contributed by atoms with van der Waals surface area (Å²) < 4.78 is 11.4. The molecule has 1 aromatic carbocycles. The summed E-state index contributed by atoms with van der Waals surface area (Å²) in [6.07, 6.45) is 14.5. The number of hydrogen-bond donors (Lipinski definition) is 1. The average molecular weight is 455 g/mol. The van der Waals surface area contributed by atoms with E-state index in [9.17, 15) is 9.90 Å². The van der Waals surface area contributed by atoms with Gasteiger partial charge in [0.15, 0.2) is 0 Å². The topological polar surface area (TPSA) is 55.8 Å². The molecule has 1 atom stereocenters. The summed E-state index contributed by atoms with van der Waals surface area (Å²) in [7, 11) is 0. The highest BCUT2D eigenvalue weighted by Crippen LogP contribution is 2.39. The van der Waals surface area contributed by atoms with E-state index in [0.29, 0.717) is 17.9 Å². The van der Waals surface area contributed by atoms with Gasteiger partial charge < -0.3 is 14.6 Å². The molecule has 0 fully saturated rings. The van der Waals surface area contributed by atoms with Crippen LogP contribution in [0.4, 0.5) is 0 Å². The predicted molar refractivity (Wildman–Crippen MR) is 136 cm³/mol. The van der Waals surface area contributed by atoms with E-state index >= 15 is 0 Å². The van der Waals surface area contributed by atoms with Gasteiger partial charge in [0.2, 0.25) is 0 Å². The third-order valence-corrected chi connectivity index (χ3v) is 6.39. The van der Waals surface area contributed by atoms with E-state index in [1.54, 1.807) is 6.07 Å². The van der Waals surface area contributed by atoms with Crippen LogP contribution in [0.2, 0.25) is 0 Å². The van der Waals surface area contributed by atoms with Gasteiger partial charge in [0.1, 0.15) is 17.1 Å². The first-order chi connectivity index (χ1) is 15.6. The van der Waals surface area contributed by atoms with Crippen LogP contribution in [-0.4, -0.2) is 23.3 Å². The molecule has 1 aromatic rings. The Bertz CT molecular complexity index is 906. The molecule has 2 rings (SSSR count). The first-order valence-electron chi connectivity index (χ1n) is 12.3. The van der Waals surface area contributed by atoms with Crippen LogP contribution in [0.5, 0.6) is 11.5 Å². The summed E-state index contributed by atoms with van der Waals surface area (Å²) in [5, 5.41) is 9.82. The molecular formula is C29H42O4. The fourth-order valence-corrected chi connectivity index (χ4v) is 4.25. The van der Waals surface area contributed by atoms with Gasteiger partial charge in [-0.15, -0.1) is 0 Å². The highest BCUT2D eigenvalue weighted by atomic mass is 16.5. The van der Waals surface area contributed by atoms with Gasteiger partial charge in [0.25, 0.3) is 0 Å². The van der Waals surface area contributed by atoms with Gasteiger partial charge in [-0.3, -0.25) is 0 Å². The Balaban J connectivity index is 1.75. The van der Waals surface area contributed by atoms with E-state index in [0.717, 1.165) is 68.2 Å². The Morgan fingerprint density at radius 1 is 1.09 bits per heavy atom. The summed E-state index contributed by atoms with van der Waals surface area (Å²) in [5.41, 5.74) is 5.44. The van der Waals surface area contributed by atoms with Gasteiger partial charge in [-0.25, -0.2) is 4.79 Å². The number of allylic oxidation sites excluding steroid dienone is 5. The van der Waals surface area contributed by atoms with Crippen molar-refractivity contribution in [2.45, 2.75) is 98.5 Å². The second kappa shape index (κ2) is 12.7. The molecule has 0 bridgehead atoms. The number of rotatable bonds is 11. The van der Waals surface area contributed by atoms with Crippen LogP contribution < -0.4 is 4.74 Å². The number of carbonyl (C=O) groups is 1. The van der Waals surface area contributed by atoms with Gasteiger partial charge in [-0.05, 0) is 116 Å². The maximum atomic E-state index is 11.6. The molecule has 4 nitrogen and oxygen atoms in total. The third kappa shape index (κ3) is 8.75. The molecule has 0 aromatic heterocycles. The van der Waals surface area contributed by atoms with Crippen LogP contribution in [0.15, 0.2) is 47.1 Å². The molecule has 0 radical (unpaired) electrons. The quantitative estimate of drug-likeness (QED) is 0.213. The molecule has 0 saturated heterocycles. The Morgan fingerprint density at radius 2 is 1.73 bits per heavy atom. The van der Waals surface area contributed by atoms with Crippen LogP contribution in [0.3, 0.4) is 0 Å². The van der Waals surface area contributed by atoms with Gasteiger partial charge in [0.05, 0.1) is 6.61 Å². The lowest BCUT2D eigenvalue weighted by atomic mass is 9.87. The number of phenolic OH excluding ortho intramolecular Hbond substituents is 1. The fraction of sp³-hybridized carbons (Fsp3) is 0.552. The maximum Gasteiger partial charge on any atom is 0.333 e. The first kappa shape index (κ1) is 26.8. The van der Waals surface area contributed by atoms with Gasteiger partial charge >= 0.3 is 5.97 Å². The Labute approximate surface area is 200 Å². The van der Waals surface area contributed by atoms with Crippen LogP contribution >= 0.6 is 0 Å². The lowest BCUT2D eigenvalue weighted by Crippen LogP contribution is -2.36. The van der Waals surface area contributed by atoms with Crippen molar-refractivity contribution in [3.8, 4) is 11.5 Å². The number of ether oxygens (including phenoxy) is 2. The first-order valence-corrected chi connectivity index (χ1v) is 12.3. The molecule has 0 unspecified atom stereocenters. The molecule has 0 saturated carbocycles. The standard InChI is InChI=1S/C29H42O4/c1-7-32-28(31)23(4)15-9-13-21(2)11-8-12-22(3)14-10-17-29(6)18-16-25-20-26(30)19-24(5)27(25)33-29/h11,14-15,19-20,30H,7-10,12-13,16-18H2,1-6H3/b21-11+,22-14+,23-15+/t29-/m1/s1. The van der Waals surface area contributed by atoms with E-state index in [2.05, 4.69) is 32.9 Å². The minimum Gasteiger partial charge on any atom is -0.508 e. The number of carbonyl (C=O) groups excluding carboxylic acids is 1. The molecule has 0 amide bonds. The number of esters is 1. The molecule has 182 valence electrons. The average Bonchev–Trinajstić information content (AvgIpc) is 2.74. The van der Waals surface area contributed by atoms with E-state index in [-0.39, 0.29) is 11.6 Å². The number of fused-ring (bicyclic) bond motifs is 1. The fourth-order valence-electron chi connectivity index (χ4n) is 4.25. The summed E-state index contributed by atoms with van der Waals surface area (Å²) >= 11 is 0. The zero-order chi connectivity index (χ0) is 24.4. The second-order valence-corrected chi connectivity index (χ2v) is 9.63. The Kier molecular flexibility index (Phi) is 10.3. The van der Waals surface area contributed by atoms with Crippen molar-refractivity contribution < 1.29 is 19.4 Å². The third-order valence-electron chi connectivity index (χ3n) is 6.39. The van der Waals surface area contributed by atoms with Crippen molar-refractivity contribution in [3.63, 3.8) is 0 Å². The molecular weight excluding hydrogens is 412 g/mol. The summed E-state index contributed by atoms with van der Waals surface area (Å²) in [5.74, 6) is 1.06. The zero-order valence-corrected chi connectivity index (χ0v) is 21.4. The Hall–Kier alpha value is -2.49. The number of hydrogen-bond acceptors (Lipinski definition) is 4. The van der Waals surface area contributed by atoms with E-state index in [1.165, 1.54) is 11.1 Å². The highest BCUT2D eigenvalue weighted by molar-refractivity contribution is 5.87. The van der Waals surface area contributed by atoms with E-state index in [4.69, 9.17) is 9.47 Å². The smallest absolute Gasteiger partial charge is 0.333 e. The lowest BCUT2D eigenvalue weighted by Gasteiger charge is -2.36. The molecule has 4 heteroatoms. The van der Waals surface area contributed by atoms with Crippen molar-refractivity contribution >= 4 is 5.97 Å². The molecule has 1 aliphatic rings. The number of benzene rings is 1. The van der Waals surface area contributed by atoms with Gasteiger partial charge in [-0.2, -0.15) is 0 Å². The van der Waals surface area contributed by atoms with Crippen molar-refractivity contribution in [2.75, 3.05) is 6.61 Å². The Morgan fingerprint density at radius 3 is 2.39 bits per heavy atom. The van der Waals surface area contributed by atoms with Crippen molar-refractivity contribution in [2.24, 2.45) is 0 Å². The number of aromatic hydroxyl groups is 1. The van der Waals surface area contributed by atoms with Crippen LogP contribution in [0.1, 0.15) is 90.7 Å². The van der Waals surface area contributed by atoms with Crippen LogP contribution in [-0.2, 0) is 16.0 Å². The molecule has 33 heavy (non-hydrogen) atoms. The van der Waals surface area contributed by atoms with E-state index in [1.807, 2.05) is 32.9 Å². The van der Waals surface area contributed by atoms with Crippen molar-refractivity contribution in [3.05, 3.63) is 58.2 Å². The molecule has 0 spiro atoms. The van der Waals surface area contributed by atoms with Gasteiger partial charge in [0, 0.05) is 5.57 Å². The zero-order valence-electron chi connectivity index (χ0n) is 21.4. The molecule has 1 aliphatic heterocycles. The second-order valence-electron chi connectivity index (χ2n) is 9.63. The van der Waals surface area contributed by atoms with Crippen molar-refractivity contribution in [1.82, 2.24) is 0 Å². The van der Waals surface area contributed by atoms with Gasteiger partial charge in [-0.1, -0.05) is 29.4 Å². The minimum atomic E-state index is -0.217. The van der Waals surface area contributed by atoms with Crippen LogP contribution in [0, 0.1) is 6.92 Å². The van der Waals surface area contributed by atoms with E-state index < -0.39 is 0 Å². The predicted octanol–water partition coefficient (Wildman–Crippen LogP) is 7.53. The van der Waals surface area contributed by atoms with Crippen LogP contribution in [0.25, 0.3) is 0 Å². The SMILES string of the molecule is CCOC(=O)/C(C)=C/CC/C(C)=C/CC/C(C)=C/CC[C@]1(C)CCc2cc(O)cc(C)c2O1. The maximum absolute atomic E-state index is 11.6. The molecule has 1 N–H and O–H groups in total. The number of aryl methyl sites for hydroxylation is 2. The summed E-state index contributed by atoms with van der Waals surface area (Å²) in [4.78, 5) is 11.6. The largest absolute Gasteiger partial charge is 0.508 e. The monoisotopic (exact) mass is 454 g/mol. The highest BCUT2D eigenvalue weighted by Gasteiger charge is 2.31. The molecule has 1 heterocycles. The normalized spacial score (nSPS) is 19.2. The summed E-state index contributed by atoms with van der Waals surface area (Å²) in [6.45, 7) is 12.6. The summed E-state index contributed by atoms with van der Waals surface area (Å²) in [6, 6.07) is 3.61. The van der Waals surface area contributed by atoms with Crippen molar-refractivity contribution in [1.29, 1.82) is 0 Å². The minimum absolute atomic E-state index is 0.156.